The van der Waals surface area contributed by atoms with E-state index in [0.717, 1.165) is 51.1 Å². The lowest BCUT2D eigenvalue weighted by Gasteiger charge is -2.41. The van der Waals surface area contributed by atoms with Crippen molar-refractivity contribution < 1.29 is 9.53 Å². The molecule has 5 nitrogen and oxygen atoms in total. The minimum atomic E-state index is -0.392. The van der Waals surface area contributed by atoms with Gasteiger partial charge in [0.05, 0.1) is 12.6 Å². The van der Waals surface area contributed by atoms with E-state index in [4.69, 9.17) is 10.5 Å². The van der Waals surface area contributed by atoms with Crippen LogP contribution < -0.4 is 15.4 Å². The Morgan fingerprint density at radius 2 is 1.81 bits per heavy atom. The predicted octanol–water partition coefficient (Wildman–Crippen LogP) is 5.33. The number of nitrogens with two attached hydrogens (primary N) is 1. The van der Waals surface area contributed by atoms with Crippen LogP contribution in [0.4, 0.5) is 5.69 Å². The van der Waals surface area contributed by atoms with Gasteiger partial charge in [-0.1, -0.05) is 48.5 Å². The van der Waals surface area contributed by atoms with E-state index in [1.54, 1.807) is 0 Å². The first-order valence-electron chi connectivity index (χ1n) is 12.5. The molecule has 1 amide bonds. The summed E-state index contributed by atoms with van der Waals surface area (Å²) in [4.78, 5) is 17.5. The quantitative estimate of drug-likeness (QED) is 0.529. The van der Waals surface area contributed by atoms with E-state index in [2.05, 4.69) is 77.6 Å². The Kier molecular flexibility index (Phi) is 9.87. The molecule has 0 bridgehead atoms. The molecule has 1 fully saturated rings. The van der Waals surface area contributed by atoms with Crippen LogP contribution in [0, 0.1) is 17.3 Å². The average molecular weight is 446 g/mol. The van der Waals surface area contributed by atoms with E-state index < -0.39 is 6.04 Å². The second-order valence-corrected chi connectivity index (χ2v) is 11.5. The van der Waals surface area contributed by atoms with E-state index in [0.29, 0.717) is 24.5 Å². The zero-order valence-corrected chi connectivity index (χ0v) is 21.6. The molecule has 0 spiro atoms. The molecular formula is C27H47N3O2. The first kappa shape index (κ1) is 26.5. The van der Waals surface area contributed by atoms with Crippen LogP contribution in [-0.2, 0) is 4.79 Å². The van der Waals surface area contributed by atoms with Gasteiger partial charge in [-0.2, -0.15) is 0 Å². The first-order chi connectivity index (χ1) is 15.0. The van der Waals surface area contributed by atoms with Crippen LogP contribution in [0.2, 0.25) is 0 Å². The minimum Gasteiger partial charge on any atom is -0.493 e. The van der Waals surface area contributed by atoms with Gasteiger partial charge in [0.25, 0.3) is 0 Å². The molecule has 1 saturated heterocycles. The maximum absolute atomic E-state index is 13.0. The summed E-state index contributed by atoms with van der Waals surface area (Å²) in [7, 11) is 0. The number of rotatable bonds is 10. The highest BCUT2D eigenvalue weighted by Crippen LogP contribution is 2.27. The molecule has 1 heterocycles. The Bertz CT molecular complexity index is 694. The van der Waals surface area contributed by atoms with Gasteiger partial charge in [0.2, 0.25) is 5.91 Å². The third kappa shape index (κ3) is 8.65. The fourth-order valence-corrected chi connectivity index (χ4v) is 4.21. The van der Waals surface area contributed by atoms with Gasteiger partial charge in [0.1, 0.15) is 5.75 Å². The summed E-state index contributed by atoms with van der Waals surface area (Å²) >= 11 is 0. The van der Waals surface area contributed by atoms with Crippen LogP contribution in [0.25, 0.3) is 0 Å². The lowest BCUT2D eigenvalue weighted by molar-refractivity contribution is -0.134. The Hall–Kier alpha value is -1.75. The van der Waals surface area contributed by atoms with Crippen molar-refractivity contribution in [2.24, 2.45) is 23.0 Å². The van der Waals surface area contributed by atoms with Crippen molar-refractivity contribution in [3.63, 3.8) is 0 Å². The fourth-order valence-electron chi connectivity index (χ4n) is 4.21. The van der Waals surface area contributed by atoms with Gasteiger partial charge in [0, 0.05) is 31.4 Å². The Morgan fingerprint density at radius 1 is 1.16 bits per heavy atom. The largest absolute Gasteiger partial charge is 0.493 e. The maximum atomic E-state index is 13.0. The Balaban J connectivity index is 2.12. The van der Waals surface area contributed by atoms with Crippen LogP contribution in [0.15, 0.2) is 24.3 Å². The number of nitrogens with zero attached hydrogens (tertiary/aromatic N) is 2. The molecule has 1 aliphatic rings. The van der Waals surface area contributed by atoms with Crippen LogP contribution in [0.3, 0.4) is 0 Å². The zero-order valence-electron chi connectivity index (χ0n) is 21.6. The average Bonchev–Trinajstić information content (AvgIpc) is 2.71. The molecule has 0 aromatic heterocycles. The number of likely N-dealkylation sites (tertiary alicyclic amines) is 1. The van der Waals surface area contributed by atoms with Crippen molar-refractivity contribution in [1.29, 1.82) is 0 Å². The SMILES string of the molecule is CC(C)CCN(c1ccc(OCC(C)(C)C)cc1)C1CCCN(C(=O)[C@@H](N)CC(C)C)C1. The molecule has 1 aromatic carbocycles. The second-order valence-electron chi connectivity index (χ2n) is 11.5. The minimum absolute atomic E-state index is 0.109. The van der Waals surface area contributed by atoms with Crippen LogP contribution in [0.1, 0.15) is 74.1 Å². The monoisotopic (exact) mass is 445 g/mol. The number of anilines is 1. The van der Waals surface area contributed by atoms with Crippen LogP contribution in [-0.4, -0.2) is 49.1 Å². The summed E-state index contributed by atoms with van der Waals surface area (Å²) in [5, 5.41) is 0. The molecule has 32 heavy (non-hydrogen) atoms. The van der Waals surface area contributed by atoms with Gasteiger partial charge in [-0.05, 0) is 67.2 Å². The maximum Gasteiger partial charge on any atom is 0.239 e. The van der Waals surface area contributed by atoms with Crippen molar-refractivity contribution in [2.45, 2.75) is 86.2 Å². The summed E-state index contributed by atoms with van der Waals surface area (Å²) in [6, 6.07) is 8.42. The number of ether oxygens (including phenoxy) is 1. The van der Waals surface area contributed by atoms with Crippen molar-refractivity contribution in [1.82, 2.24) is 4.90 Å². The number of hydrogen-bond donors (Lipinski definition) is 1. The van der Waals surface area contributed by atoms with E-state index >= 15 is 0 Å². The standard InChI is InChI=1S/C27H47N3O2/c1-20(2)14-16-30(22-10-12-24(13-11-22)32-19-27(5,6)7)23-9-8-15-29(18-23)26(31)25(28)17-21(3)4/h10-13,20-21,23,25H,8-9,14-19,28H2,1-7H3/t23?,25-/m0/s1. The van der Waals surface area contributed by atoms with Gasteiger partial charge in [0.15, 0.2) is 0 Å². The van der Waals surface area contributed by atoms with Crippen molar-refractivity contribution >= 4 is 11.6 Å². The lowest BCUT2D eigenvalue weighted by atomic mass is 9.98. The molecule has 1 aliphatic heterocycles. The second kappa shape index (κ2) is 11.9. The van der Waals surface area contributed by atoms with Crippen molar-refractivity contribution in [2.75, 3.05) is 31.1 Å². The molecule has 1 aromatic rings. The molecule has 0 aliphatic carbocycles. The zero-order chi connectivity index (χ0) is 23.9. The number of carbonyl (C=O) groups excluding carboxylic acids is 1. The van der Waals surface area contributed by atoms with Crippen molar-refractivity contribution in [3.05, 3.63) is 24.3 Å². The van der Waals surface area contributed by atoms with E-state index in [-0.39, 0.29) is 11.3 Å². The first-order valence-corrected chi connectivity index (χ1v) is 12.5. The van der Waals surface area contributed by atoms with E-state index in [1.807, 2.05) is 4.90 Å². The number of carbonyl (C=O) groups is 1. The summed E-state index contributed by atoms with van der Waals surface area (Å²) in [5.41, 5.74) is 7.58. The molecular weight excluding hydrogens is 398 g/mol. The fraction of sp³-hybridized carbons (Fsp3) is 0.741. The third-order valence-electron chi connectivity index (χ3n) is 5.98. The topological polar surface area (TPSA) is 58.8 Å². The number of benzene rings is 1. The highest BCUT2D eigenvalue weighted by molar-refractivity contribution is 5.81. The van der Waals surface area contributed by atoms with Crippen molar-refractivity contribution in [3.8, 4) is 5.75 Å². The van der Waals surface area contributed by atoms with Gasteiger partial charge in [-0.3, -0.25) is 4.79 Å². The molecule has 2 rings (SSSR count). The molecule has 2 N–H and O–H groups in total. The van der Waals surface area contributed by atoms with Crippen LogP contribution in [0.5, 0.6) is 5.75 Å². The molecule has 182 valence electrons. The van der Waals surface area contributed by atoms with Gasteiger partial charge >= 0.3 is 0 Å². The van der Waals surface area contributed by atoms with E-state index in [1.165, 1.54) is 5.69 Å². The Labute approximate surface area is 196 Å². The summed E-state index contributed by atoms with van der Waals surface area (Å²) in [6.45, 7) is 18.6. The van der Waals surface area contributed by atoms with Gasteiger partial charge in [-0.15, -0.1) is 0 Å². The molecule has 0 radical (unpaired) electrons. The van der Waals surface area contributed by atoms with Gasteiger partial charge < -0.3 is 20.3 Å². The normalized spacial score (nSPS) is 18.2. The summed E-state index contributed by atoms with van der Waals surface area (Å²) in [6.07, 6.45) is 3.99. The van der Waals surface area contributed by atoms with Gasteiger partial charge in [-0.25, -0.2) is 0 Å². The lowest BCUT2D eigenvalue weighted by Crippen LogP contribution is -2.54. The number of amides is 1. The van der Waals surface area contributed by atoms with Crippen LogP contribution >= 0.6 is 0 Å². The summed E-state index contributed by atoms with van der Waals surface area (Å²) in [5.74, 6) is 2.08. The van der Waals surface area contributed by atoms with E-state index in [9.17, 15) is 4.79 Å². The molecule has 5 heteroatoms. The number of hydrogen-bond acceptors (Lipinski definition) is 4. The predicted molar refractivity (Wildman–Crippen MR) is 135 cm³/mol. The highest BCUT2D eigenvalue weighted by atomic mass is 16.5. The number of piperidine rings is 1. The summed E-state index contributed by atoms with van der Waals surface area (Å²) < 4.78 is 5.97. The molecule has 2 atom stereocenters. The third-order valence-corrected chi connectivity index (χ3v) is 5.98. The molecule has 1 unspecified atom stereocenters. The molecule has 0 saturated carbocycles. The highest BCUT2D eigenvalue weighted by Gasteiger charge is 2.30. The Morgan fingerprint density at radius 3 is 2.38 bits per heavy atom. The smallest absolute Gasteiger partial charge is 0.239 e.